The average molecular weight is 380 g/mol. The normalized spacial score (nSPS) is 16.2. The van der Waals surface area contributed by atoms with Gasteiger partial charge in [0.25, 0.3) is 5.91 Å². The van der Waals surface area contributed by atoms with Gasteiger partial charge in [-0.05, 0) is 68.0 Å². The highest BCUT2D eigenvalue weighted by Gasteiger charge is 2.20. The summed E-state index contributed by atoms with van der Waals surface area (Å²) in [5.41, 5.74) is 2.98. The largest absolute Gasteiger partial charge is 0.493 e. The van der Waals surface area contributed by atoms with Crippen LogP contribution in [0, 0.1) is 0 Å². The first-order valence-corrected chi connectivity index (χ1v) is 9.71. The Bertz CT molecular complexity index is 903. The summed E-state index contributed by atoms with van der Waals surface area (Å²) in [6, 6.07) is 10.8. The van der Waals surface area contributed by atoms with Crippen LogP contribution in [-0.4, -0.2) is 25.0 Å². The minimum Gasteiger partial charge on any atom is -0.493 e. The Labute approximate surface area is 164 Å². The predicted octanol–water partition coefficient (Wildman–Crippen LogP) is 4.15. The van der Waals surface area contributed by atoms with Crippen molar-refractivity contribution in [2.45, 2.75) is 44.6 Å². The average Bonchev–Trinajstić information content (AvgIpc) is 3.21. The van der Waals surface area contributed by atoms with Crippen LogP contribution in [0.3, 0.4) is 0 Å². The van der Waals surface area contributed by atoms with Crippen LogP contribution >= 0.6 is 0 Å². The first-order valence-electron chi connectivity index (χ1n) is 9.71. The lowest BCUT2D eigenvalue weighted by Crippen LogP contribution is -2.20. The lowest BCUT2D eigenvalue weighted by atomic mass is 10.00. The Morgan fingerprint density at radius 3 is 2.68 bits per heavy atom. The predicted molar refractivity (Wildman–Crippen MR) is 107 cm³/mol. The van der Waals surface area contributed by atoms with Crippen molar-refractivity contribution in [2.75, 3.05) is 17.7 Å². The molecule has 6 heteroatoms. The van der Waals surface area contributed by atoms with Gasteiger partial charge in [-0.2, -0.15) is 0 Å². The van der Waals surface area contributed by atoms with Crippen LogP contribution in [-0.2, 0) is 11.2 Å². The maximum absolute atomic E-state index is 12.7. The maximum atomic E-state index is 12.7. The Hall–Kier alpha value is -3.02. The van der Waals surface area contributed by atoms with Gasteiger partial charge in [-0.3, -0.25) is 9.59 Å². The third-order valence-corrected chi connectivity index (χ3v) is 5.28. The van der Waals surface area contributed by atoms with Crippen molar-refractivity contribution in [3.63, 3.8) is 0 Å². The number of fused-ring (bicyclic) bond motifs is 1. The molecule has 2 N–H and O–H groups in total. The van der Waals surface area contributed by atoms with Crippen molar-refractivity contribution in [3.8, 4) is 11.5 Å². The molecular weight excluding hydrogens is 356 g/mol. The molecule has 0 bridgehead atoms. The molecule has 2 aromatic carbocycles. The van der Waals surface area contributed by atoms with E-state index in [9.17, 15) is 9.59 Å². The number of methoxy groups -OCH3 is 1. The summed E-state index contributed by atoms with van der Waals surface area (Å²) in [6.45, 7) is 0. The van der Waals surface area contributed by atoms with Gasteiger partial charge in [0.15, 0.2) is 11.5 Å². The zero-order valence-electron chi connectivity index (χ0n) is 15.9. The van der Waals surface area contributed by atoms with E-state index < -0.39 is 0 Å². The summed E-state index contributed by atoms with van der Waals surface area (Å²) in [4.78, 5) is 24.2. The molecule has 6 nitrogen and oxygen atoms in total. The minimum atomic E-state index is -0.198. The number of hydrogen-bond donors (Lipinski definition) is 2. The monoisotopic (exact) mass is 380 g/mol. The number of aryl methyl sites for hydroxylation is 1. The molecule has 146 valence electrons. The van der Waals surface area contributed by atoms with E-state index >= 15 is 0 Å². The van der Waals surface area contributed by atoms with E-state index in [2.05, 4.69) is 10.6 Å². The highest BCUT2D eigenvalue weighted by Crippen LogP contribution is 2.34. The molecule has 4 rings (SSSR count). The van der Waals surface area contributed by atoms with Crippen LogP contribution < -0.4 is 20.1 Å². The number of rotatable bonds is 5. The van der Waals surface area contributed by atoms with Crippen LogP contribution in [0.2, 0.25) is 0 Å². The van der Waals surface area contributed by atoms with Crippen molar-refractivity contribution in [1.82, 2.24) is 0 Å². The molecule has 1 aliphatic heterocycles. The van der Waals surface area contributed by atoms with Crippen molar-refractivity contribution >= 4 is 23.2 Å². The molecule has 0 spiro atoms. The van der Waals surface area contributed by atoms with E-state index in [1.54, 1.807) is 25.3 Å². The molecule has 0 radical (unpaired) electrons. The molecule has 0 unspecified atom stereocenters. The summed E-state index contributed by atoms with van der Waals surface area (Å²) in [5.74, 6) is 1.13. The fraction of sp³-hybridized carbons (Fsp3) is 0.364. The van der Waals surface area contributed by atoms with Gasteiger partial charge in [0.1, 0.15) is 0 Å². The second kappa shape index (κ2) is 7.92. The lowest BCUT2D eigenvalue weighted by molar-refractivity contribution is -0.116. The fourth-order valence-corrected chi connectivity index (χ4v) is 3.76. The number of ether oxygens (including phenoxy) is 2. The van der Waals surface area contributed by atoms with Crippen molar-refractivity contribution in [3.05, 3.63) is 47.5 Å². The number of nitrogens with one attached hydrogen (secondary N) is 2. The highest BCUT2D eigenvalue weighted by molar-refractivity contribution is 6.05. The number of carbonyl (C=O) groups excluding carboxylic acids is 2. The van der Waals surface area contributed by atoms with Crippen molar-refractivity contribution < 1.29 is 19.1 Å². The number of amides is 2. The fourth-order valence-electron chi connectivity index (χ4n) is 3.76. The molecule has 2 amide bonds. The molecule has 28 heavy (non-hydrogen) atoms. The molecule has 1 fully saturated rings. The van der Waals surface area contributed by atoms with Crippen LogP contribution in [0.4, 0.5) is 11.4 Å². The smallest absolute Gasteiger partial charge is 0.255 e. The molecule has 1 heterocycles. The van der Waals surface area contributed by atoms with Gasteiger partial charge in [-0.15, -0.1) is 0 Å². The maximum Gasteiger partial charge on any atom is 0.255 e. The Morgan fingerprint density at radius 2 is 1.89 bits per heavy atom. The van der Waals surface area contributed by atoms with Crippen LogP contribution in [0.15, 0.2) is 36.4 Å². The molecular formula is C22H24N2O4. The van der Waals surface area contributed by atoms with Crippen LogP contribution in [0.5, 0.6) is 11.5 Å². The zero-order chi connectivity index (χ0) is 19.5. The lowest BCUT2D eigenvalue weighted by Gasteiger charge is -2.18. The summed E-state index contributed by atoms with van der Waals surface area (Å²) in [5, 5.41) is 5.76. The zero-order valence-corrected chi connectivity index (χ0v) is 15.9. The first kappa shape index (κ1) is 18.3. The SMILES string of the molecule is COc1ccc(NC(=O)c2ccc3c(c2)CCC(=O)N3)cc1OC1CCCC1. The Kier molecular flexibility index (Phi) is 5.19. The van der Waals surface area contributed by atoms with Crippen molar-refractivity contribution in [2.24, 2.45) is 0 Å². The number of carbonyl (C=O) groups is 2. The van der Waals surface area contributed by atoms with E-state index in [1.165, 1.54) is 12.8 Å². The minimum absolute atomic E-state index is 0.0118. The summed E-state index contributed by atoms with van der Waals surface area (Å²) < 4.78 is 11.5. The summed E-state index contributed by atoms with van der Waals surface area (Å²) in [7, 11) is 1.61. The second-order valence-corrected chi connectivity index (χ2v) is 7.26. The first-order chi connectivity index (χ1) is 13.6. The topological polar surface area (TPSA) is 76.7 Å². The molecule has 0 aromatic heterocycles. The van der Waals surface area contributed by atoms with Crippen LogP contribution in [0.1, 0.15) is 48.0 Å². The van der Waals surface area contributed by atoms with Crippen LogP contribution in [0.25, 0.3) is 0 Å². The number of anilines is 2. The van der Waals surface area contributed by atoms with Gasteiger partial charge in [-0.1, -0.05) is 0 Å². The Balaban J connectivity index is 1.50. The van der Waals surface area contributed by atoms with E-state index in [4.69, 9.17) is 9.47 Å². The third-order valence-electron chi connectivity index (χ3n) is 5.28. The standard InChI is InChI=1S/C22H24N2O4/c1-27-19-10-8-16(13-20(19)28-17-4-2-3-5-17)23-22(26)15-6-9-18-14(12-15)7-11-21(25)24-18/h6,8-10,12-13,17H,2-5,7,11H2,1H3,(H,23,26)(H,24,25). The quantitative estimate of drug-likeness (QED) is 0.817. The van der Waals surface area contributed by atoms with Crippen molar-refractivity contribution in [1.29, 1.82) is 0 Å². The molecule has 1 saturated carbocycles. The van der Waals surface area contributed by atoms with Gasteiger partial charge < -0.3 is 20.1 Å². The summed E-state index contributed by atoms with van der Waals surface area (Å²) >= 11 is 0. The van der Waals surface area contributed by atoms with E-state index in [0.29, 0.717) is 35.6 Å². The van der Waals surface area contributed by atoms with E-state index in [0.717, 1.165) is 24.1 Å². The molecule has 0 atom stereocenters. The van der Waals surface area contributed by atoms with Gasteiger partial charge in [0, 0.05) is 29.4 Å². The molecule has 1 aliphatic carbocycles. The molecule has 2 aromatic rings. The van der Waals surface area contributed by atoms with E-state index in [1.807, 2.05) is 18.2 Å². The summed E-state index contributed by atoms with van der Waals surface area (Å²) in [6.07, 6.45) is 5.75. The van der Waals surface area contributed by atoms with E-state index in [-0.39, 0.29) is 17.9 Å². The van der Waals surface area contributed by atoms with Gasteiger partial charge in [0.2, 0.25) is 5.91 Å². The van der Waals surface area contributed by atoms with Gasteiger partial charge >= 0.3 is 0 Å². The van der Waals surface area contributed by atoms with Gasteiger partial charge in [0.05, 0.1) is 13.2 Å². The Morgan fingerprint density at radius 1 is 1.07 bits per heavy atom. The number of benzene rings is 2. The highest BCUT2D eigenvalue weighted by atomic mass is 16.5. The van der Waals surface area contributed by atoms with Gasteiger partial charge in [-0.25, -0.2) is 0 Å². The number of hydrogen-bond acceptors (Lipinski definition) is 4. The second-order valence-electron chi connectivity index (χ2n) is 7.26. The third kappa shape index (κ3) is 3.96. The molecule has 2 aliphatic rings. The molecule has 0 saturated heterocycles.